The van der Waals surface area contributed by atoms with Crippen molar-refractivity contribution in [2.24, 2.45) is 0 Å². The van der Waals surface area contributed by atoms with Gasteiger partial charge in [0.2, 0.25) is 0 Å². The van der Waals surface area contributed by atoms with Crippen molar-refractivity contribution in [1.82, 2.24) is 19.2 Å². The van der Waals surface area contributed by atoms with Crippen LogP contribution in [0.5, 0.6) is 11.5 Å². The Morgan fingerprint density at radius 1 is 1.08 bits per heavy atom. The lowest BCUT2D eigenvalue weighted by molar-refractivity contribution is -0.140. The topological polar surface area (TPSA) is 96.6 Å². The van der Waals surface area contributed by atoms with Gasteiger partial charge in [-0.2, -0.15) is 0 Å². The highest BCUT2D eigenvalue weighted by atomic mass is 16.5. The van der Waals surface area contributed by atoms with Crippen molar-refractivity contribution in [1.29, 1.82) is 0 Å². The number of hydrogen-bond acceptors (Lipinski definition) is 7. The zero-order valence-electron chi connectivity index (χ0n) is 22.0. The van der Waals surface area contributed by atoms with Crippen molar-refractivity contribution in [3.05, 3.63) is 65.1 Å². The highest BCUT2D eigenvalue weighted by molar-refractivity contribution is 6.46. The number of amides is 1. The maximum absolute atomic E-state index is 13.5. The van der Waals surface area contributed by atoms with Crippen molar-refractivity contribution in [2.45, 2.75) is 33.2 Å². The Hall–Kier alpha value is -3.85. The Labute approximate surface area is 216 Å². The molecule has 1 fully saturated rings. The summed E-state index contributed by atoms with van der Waals surface area (Å²) < 4.78 is 12.9. The van der Waals surface area contributed by atoms with E-state index >= 15 is 0 Å². The van der Waals surface area contributed by atoms with Gasteiger partial charge in [-0.15, -0.1) is 0 Å². The summed E-state index contributed by atoms with van der Waals surface area (Å²) in [6, 6.07) is 9.97. The Bertz CT molecular complexity index is 1340. The number of aryl methyl sites for hydroxylation is 1. The van der Waals surface area contributed by atoms with Crippen LogP contribution in [0.3, 0.4) is 0 Å². The third-order valence-corrected chi connectivity index (χ3v) is 6.96. The third kappa shape index (κ3) is 4.67. The van der Waals surface area contributed by atoms with Gasteiger partial charge in [-0.05, 0) is 51.2 Å². The molecule has 0 bridgehead atoms. The second-order valence-corrected chi connectivity index (χ2v) is 8.93. The van der Waals surface area contributed by atoms with Crippen LogP contribution in [0.2, 0.25) is 0 Å². The first-order valence-corrected chi connectivity index (χ1v) is 12.5. The molecule has 9 heteroatoms. The fourth-order valence-electron chi connectivity index (χ4n) is 5.09. The van der Waals surface area contributed by atoms with Gasteiger partial charge in [0, 0.05) is 18.3 Å². The molecule has 1 aliphatic rings. The number of carbonyl (C=O) groups excluding carboxylic acids is 2. The first-order valence-electron chi connectivity index (χ1n) is 12.5. The summed E-state index contributed by atoms with van der Waals surface area (Å²) >= 11 is 0. The number of pyridine rings is 1. The van der Waals surface area contributed by atoms with Crippen LogP contribution in [0, 0.1) is 6.92 Å². The van der Waals surface area contributed by atoms with Gasteiger partial charge in [0.15, 0.2) is 17.3 Å². The van der Waals surface area contributed by atoms with Gasteiger partial charge in [0.25, 0.3) is 11.7 Å². The van der Waals surface area contributed by atoms with Gasteiger partial charge in [-0.3, -0.25) is 14.0 Å². The predicted octanol–water partition coefficient (Wildman–Crippen LogP) is 3.81. The minimum absolute atomic E-state index is 0.00754. The molecular formula is C28H34N4O5. The molecule has 37 heavy (non-hydrogen) atoms. The van der Waals surface area contributed by atoms with Crippen LogP contribution in [0.25, 0.3) is 11.4 Å². The minimum Gasteiger partial charge on any atom is -0.505 e. The van der Waals surface area contributed by atoms with Crippen LogP contribution in [-0.2, 0) is 9.59 Å². The molecule has 3 aromatic rings. The number of ether oxygens (including phenoxy) is 2. The molecule has 0 aliphatic carbocycles. The number of hydrogen-bond donors (Lipinski definition) is 1. The number of imidazole rings is 1. The molecule has 0 saturated carbocycles. The second-order valence-electron chi connectivity index (χ2n) is 8.93. The number of ketones is 1. The van der Waals surface area contributed by atoms with E-state index in [-0.39, 0.29) is 11.3 Å². The zero-order valence-corrected chi connectivity index (χ0v) is 22.0. The largest absolute Gasteiger partial charge is 0.505 e. The highest BCUT2D eigenvalue weighted by Gasteiger charge is 2.47. The Morgan fingerprint density at radius 2 is 1.84 bits per heavy atom. The van der Waals surface area contributed by atoms with E-state index in [0.29, 0.717) is 47.1 Å². The average molecular weight is 507 g/mol. The van der Waals surface area contributed by atoms with Crippen molar-refractivity contribution in [3.8, 4) is 11.5 Å². The number of likely N-dealkylation sites (tertiary alicyclic amines) is 1. The normalized spacial score (nSPS) is 17.2. The van der Waals surface area contributed by atoms with E-state index in [2.05, 4.69) is 23.7 Å². The molecule has 2 aromatic heterocycles. The molecule has 196 valence electrons. The molecule has 0 unspecified atom stereocenters. The molecule has 0 spiro atoms. The van der Waals surface area contributed by atoms with Crippen LogP contribution < -0.4 is 9.47 Å². The number of methoxy groups -OCH3 is 2. The Kier molecular flexibility index (Phi) is 7.83. The van der Waals surface area contributed by atoms with E-state index in [1.54, 1.807) is 35.7 Å². The van der Waals surface area contributed by atoms with Gasteiger partial charge in [-0.1, -0.05) is 32.0 Å². The average Bonchev–Trinajstić information content (AvgIpc) is 3.38. The van der Waals surface area contributed by atoms with Crippen LogP contribution in [0.4, 0.5) is 0 Å². The molecule has 1 amide bonds. The molecule has 1 N–H and O–H groups in total. The minimum atomic E-state index is -0.851. The Morgan fingerprint density at radius 3 is 2.51 bits per heavy atom. The molecule has 1 aromatic carbocycles. The van der Waals surface area contributed by atoms with E-state index in [0.717, 1.165) is 19.6 Å². The van der Waals surface area contributed by atoms with E-state index in [4.69, 9.17) is 9.47 Å². The van der Waals surface area contributed by atoms with Crippen molar-refractivity contribution >= 4 is 23.1 Å². The summed E-state index contributed by atoms with van der Waals surface area (Å²) in [7, 11) is 3.05. The van der Waals surface area contributed by atoms with Crippen molar-refractivity contribution in [2.75, 3.05) is 40.4 Å². The van der Waals surface area contributed by atoms with Crippen molar-refractivity contribution in [3.63, 3.8) is 0 Å². The molecule has 1 aliphatic heterocycles. The van der Waals surface area contributed by atoms with Crippen LogP contribution in [0.15, 0.2) is 48.2 Å². The fraction of sp³-hybridized carbons (Fsp3) is 0.393. The molecule has 1 atom stereocenters. The van der Waals surface area contributed by atoms with Gasteiger partial charge in [-0.25, -0.2) is 4.98 Å². The molecule has 3 heterocycles. The first-order chi connectivity index (χ1) is 17.9. The first kappa shape index (κ1) is 26.2. The van der Waals surface area contributed by atoms with Gasteiger partial charge < -0.3 is 24.4 Å². The number of aromatic nitrogens is 2. The molecule has 0 radical (unpaired) electrons. The number of fused-ring (bicyclic) bond motifs is 1. The maximum Gasteiger partial charge on any atom is 0.295 e. The number of rotatable bonds is 10. The predicted molar refractivity (Wildman–Crippen MR) is 141 cm³/mol. The van der Waals surface area contributed by atoms with Crippen LogP contribution in [0.1, 0.15) is 43.3 Å². The van der Waals surface area contributed by atoms with Gasteiger partial charge in [0.1, 0.15) is 11.3 Å². The highest BCUT2D eigenvalue weighted by Crippen LogP contribution is 2.45. The lowest BCUT2D eigenvalue weighted by atomic mass is 9.95. The summed E-state index contributed by atoms with van der Waals surface area (Å²) in [5, 5.41) is 11.6. The quantitative estimate of drug-likeness (QED) is 0.254. The van der Waals surface area contributed by atoms with E-state index < -0.39 is 17.7 Å². The summed E-state index contributed by atoms with van der Waals surface area (Å²) in [6.07, 6.45) is 2.44. The van der Waals surface area contributed by atoms with Crippen LogP contribution >= 0.6 is 0 Å². The standard InChI is InChI=1S/C28H34N4O5/c1-6-30(7-2)15-11-17-32-24(19-12-10-13-20(36-4)27(19)37-5)22(26(34)28(32)35)25(33)23-18(3)29-21-14-8-9-16-31(21)23/h8-10,12-14,16,24,33H,6-7,11,15,17H2,1-5H3/b25-22+/t24-/m1/s1. The van der Waals surface area contributed by atoms with Crippen LogP contribution in [-0.4, -0.2) is 76.4 Å². The second kappa shape index (κ2) is 11.0. The zero-order chi connectivity index (χ0) is 26.7. The Balaban J connectivity index is 1.89. The number of carbonyl (C=O) groups is 2. The van der Waals surface area contributed by atoms with Gasteiger partial charge in [0.05, 0.1) is 31.5 Å². The maximum atomic E-state index is 13.5. The number of Topliss-reactive ketones (excluding diaryl/α,β-unsaturated/α-hetero) is 1. The summed E-state index contributed by atoms with van der Waals surface area (Å²) in [5.41, 5.74) is 2.13. The fourth-order valence-corrected chi connectivity index (χ4v) is 5.09. The van der Waals surface area contributed by atoms with Crippen molar-refractivity contribution < 1.29 is 24.2 Å². The molecule has 1 saturated heterocycles. The summed E-state index contributed by atoms with van der Waals surface area (Å²) in [6.45, 7) is 8.87. The van der Waals surface area contributed by atoms with E-state index in [1.807, 2.05) is 18.2 Å². The summed E-state index contributed by atoms with van der Waals surface area (Å²) in [5.74, 6) is -0.773. The van der Waals surface area contributed by atoms with E-state index in [1.165, 1.54) is 19.1 Å². The summed E-state index contributed by atoms with van der Waals surface area (Å²) in [4.78, 5) is 35.3. The number of aliphatic hydroxyl groups excluding tert-OH is 1. The third-order valence-electron chi connectivity index (χ3n) is 6.96. The molecular weight excluding hydrogens is 472 g/mol. The molecule has 9 nitrogen and oxygen atoms in total. The number of benzene rings is 1. The van der Waals surface area contributed by atoms with Gasteiger partial charge >= 0.3 is 0 Å². The van der Waals surface area contributed by atoms with E-state index in [9.17, 15) is 14.7 Å². The number of nitrogens with zero attached hydrogens (tertiary/aromatic N) is 4. The smallest absolute Gasteiger partial charge is 0.295 e. The monoisotopic (exact) mass is 506 g/mol. The lowest BCUT2D eigenvalue weighted by Crippen LogP contribution is -2.33. The number of aliphatic hydroxyl groups is 1. The number of para-hydroxylation sites is 1. The lowest BCUT2D eigenvalue weighted by Gasteiger charge is -2.28. The SMILES string of the molecule is CCN(CC)CCCN1C(=O)C(=O)/C(=C(/O)c2c(C)nc3ccccn23)[C@H]1c1cccc(OC)c1OC. The molecule has 4 rings (SSSR count).